The summed E-state index contributed by atoms with van der Waals surface area (Å²) in [4.78, 5) is 12.9. The van der Waals surface area contributed by atoms with Crippen LogP contribution in [0.15, 0.2) is 29.2 Å². The predicted octanol–water partition coefficient (Wildman–Crippen LogP) is 4.01. The maximum absolute atomic E-state index is 13.1. The van der Waals surface area contributed by atoms with Crippen molar-refractivity contribution < 1.29 is 13.7 Å². The molecule has 3 unspecified atom stereocenters. The van der Waals surface area contributed by atoms with Gasteiger partial charge in [0, 0.05) is 18.2 Å². The molecule has 1 aromatic rings. The zero-order valence-electron chi connectivity index (χ0n) is 14.8. The van der Waals surface area contributed by atoms with Crippen LogP contribution in [0.25, 0.3) is 0 Å². The Morgan fingerprint density at radius 3 is 2.43 bits per heavy atom. The first-order valence-corrected chi connectivity index (χ1v) is 13.3. The molecular weight excluding hydrogens is 324 g/mol. The van der Waals surface area contributed by atoms with Gasteiger partial charge in [-0.25, -0.2) is 0 Å². The maximum Gasteiger partial charge on any atom is 0.309 e. The van der Waals surface area contributed by atoms with E-state index in [1.807, 2.05) is 38.1 Å². The quantitative estimate of drug-likeness (QED) is 0.550. The standard InChI is InChI=1S/C18H28O3SSi/c1-6-21-18(19)16-11-15(16)17(12-23(3,4)5)22(20)14-9-7-13(2)8-10-14/h7-10,15-17H,6,11-12H2,1-5H3/t15?,16?,17?,22-/m0/s1. The molecule has 1 aliphatic carbocycles. The molecular formula is C18H28O3SSi. The summed E-state index contributed by atoms with van der Waals surface area (Å²) in [5.41, 5.74) is 1.17. The van der Waals surface area contributed by atoms with Gasteiger partial charge in [-0.05, 0) is 44.4 Å². The van der Waals surface area contributed by atoms with Crippen LogP contribution in [-0.4, -0.2) is 30.1 Å². The van der Waals surface area contributed by atoms with Crippen molar-refractivity contribution in [2.75, 3.05) is 6.61 Å². The molecule has 0 N–H and O–H groups in total. The predicted molar refractivity (Wildman–Crippen MR) is 97.8 cm³/mol. The molecule has 0 amide bonds. The molecule has 4 atom stereocenters. The summed E-state index contributed by atoms with van der Waals surface area (Å²) >= 11 is 0. The van der Waals surface area contributed by atoms with E-state index in [9.17, 15) is 9.00 Å². The fraction of sp³-hybridized carbons (Fsp3) is 0.611. The van der Waals surface area contributed by atoms with Gasteiger partial charge in [-0.1, -0.05) is 37.3 Å². The van der Waals surface area contributed by atoms with Crippen LogP contribution in [0, 0.1) is 18.8 Å². The molecule has 0 spiro atoms. The molecule has 0 heterocycles. The van der Waals surface area contributed by atoms with Gasteiger partial charge in [-0.2, -0.15) is 0 Å². The van der Waals surface area contributed by atoms with Crippen molar-refractivity contribution in [2.24, 2.45) is 11.8 Å². The van der Waals surface area contributed by atoms with Crippen LogP contribution in [0.3, 0.4) is 0 Å². The zero-order chi connectivity index (χ0) is 17.2. The zero-order valence-corrected chi connectivity index (χ0v) is 16.6. The molecule has 1 fully saturated rings. The fourth-order valence-corrected chi connectivity index (χ4v) is 7.97. The Hall–Kier alpha value is -0.943. The van der Waals surface area contributed by atoms with Gasteiger partial charge in [-0.15, -0.1) is 0 Å². The van der Waals surface area contributed by atoms with Crippen molar-refractivity contribution >= 4 is 24.8 Å². The highest BCUT2D eigenvalue weighted by Crippen LogP contribution is 2.47. The molecule has 1 saturated carbocycles. The fourth-order valence-electron chi connectivity index (χ4n) is 2.98. The SMILES string of the molecule is CCOC(=O)C1CC1C(C[Si](C)(C)C)[S@@](=O)c1ccc(C)cc1. The van der Waals surface area contributed by atoms with Gasteiger partial charge in [0.1, 0.15) is 0 Å². The molecule has 1 aliphatic rings. The lowest BCUT2D eigenvalue weighted by molar-refractivity contribution is -0.145. The number of aryl methyl sites for hydroxylation is 1. The number of rotatable bonds is 7. The summed E-state index contributed by atoms with van der Waals surface area (Å²) < 4.78 is 18.3. The molecule has 128 valence electrons. The van der Waals surface area contributed by atoms with Crippen LogP contribution in [0.2, 0.25) is 25.7 Å². The Balaban J connectivity index is 2.17. The number of esters is 1. The molecule has 1 aromatic carbocycles. The van der Waals surface area contributed by atoms with E-state index in [1.54, 1.807) is 0 Å². The Morgan fingerprint density at radius 2 is 1.91 bits per heavy atom. The second-order valence-electron chi connectivity index (χ2n) is 7.67. The third kappa shape index (κ3) is 5.01. The van der Waals surface area contributed by atoms with Crippen molar-refractivity contribution in [3.05, 3.63) is 29.8 Å². The summed E-state index contributed by atoms with van der Waals surface area (Å²) in [6, 6.07) is 8.92. The van der Waals surface area contributed by atoms with Gasteiger partial charge >= 0.3 is 5.97 Å². The van der Waals surface area contributed by atoms with Crippen LogP contribution in [-0.2, 0) is 20.3 Å². The first kappa shape index (κ1) is 18.4. The lowest BCUT2D eigenvalue weighted by Gasteiger charge is -2.24. The lowest BCUT2D eigenvalue weighted by atomic mass is 10.2. The number of benzene rings is 1. The summed E-state index contributed by atoms with van der Waals surface area (Å²) in [5.74, 6) is 0.0487. The molecule has 0 aliphatic heterocycles. The van der Waals surface area contributed by atoms with Crippen molar-refractivity contribution in [3.8, 4) is 0 Å². The van der Waals surface area contributed by atoms with Gasteiger partial charge < -0.3 is 4.74 Å². The molecule has 0 saturated heterocycles. The average molecular weight is 353 g/mol. The average Bonchev–Trinajstić information content (AvgIpc) is 3.24. The Labute approximate surface area is 143 Å². The van der Waals surface area contributed by atoms with Crippen LogP contribution >= 0.6 is 0 Å². The Kier molecular flexibility index (Phi) is 5.84. The number of carbonyl (C=O) groups excluding carboxylic acids is 1. The Morgan fingerprint density at radius 1 is 1.30 bits per heavy atom. The maximum atomic E-state index is 13.1. The van der Waals surface area contributed by atoms with E-state index in [0.29, 0.717) is 6.61 Å². The van der Waals surface area contributed by atoms with Crippen molar-refractivity contribution in [3.63, 3.8) is 0 Å². The molecule has 0 radical (unpaired) electrons. The van der Waals surface area contributed by atoms with Crippen molar-refractivity contribution in [1.82, 2.24) is 0 Å². The van der Waals surface area contributed by atoms with Gasteiger partial charge in [0.05, 0.1) is 23.3 Å². The second kappa shape index (κ2) is 7.30. The molecule has 0 bridgehead atoms. The summed E-state index contributed by atoms with van der Waals surface area (Å²) in [5, 5.41) is 0.0683. The third-order valence-corrected chi connectivity index (χ3v) is 8.01. The highest BCUT2D eigenvalue weighted by Gasteiger charge is 2.51. The van der Waals surface area contributed by atoms with E-state index in [4.69, 9.17) is 4.74 Å². The van der Waals surface area contributed by atoms with Crippen molar-refractivity contribution in [1.29, 1.82) is 0 Å². The smallest absolute Gasteiger partial charge is 0.309 e. The van der Waals surface area contributed by atoms with Gasteiger partial charge in [0.2, 0.25) is 0 Å². The first-order valence-electron chi connectivity index (χ1n) is 8.37. The minimum Gasteiger partial charge on any atom is -0.466 e. The van der Waals surface area contributed by atoms with Crippen LogP contribution in [0.4, 0.5) is 0 Å². The lowest BCUT2D eigenvalue weighted by Crippen LogP contribution is -2.32. The summed E-state index contributed by atoms with van der Waals surface area (Å²) in [7, 11) is -2.44. The topological polar surface area (TPSA) is 43.4 Å². The van der Waals surface area contributed by atoms with Crippen LogP contribution < -0.4 is 0 Å². The Bertz CT molecular complexity index is 577. The van der Waals surface area contributed by atoms with Gasteiger partial charge in [0.25, 0.3) is 0 Å². The van der Waals surface area contributed by atoms with Crippen LogP contribution in [0.5, 0.6) is 0 Å². The van der Waals surface area contributed by atoms with Gasteiger partial charge in [0.15, 0.2) is 0 Å². The monoisotopic (exact) mass is 352 g/mol. The molecule has 3 nitrogen and oxygen atoms in total. The molecule has 5 heteroatoms. The van der Waals surface area contributed by atoms with E-state index >= 15 is 0 Å². The highest BCUT2D eigenvalue weighted by atomic mass is 32.2. The molecule has 0 aromatic heterocycles. The third-order valence-electron chi connectivity index (χ3n) is 4.25. The number of hydrogen-bond donors (Lipinski definition) is 0. The largest absolute Gasteiger partial charge is 0.466 e. The summed E-state index contributed by atoms with van der Waals surface area (Å²) in [6.07, 6.45) is 0.825. The minimum atomic E-state index is -1.38. The van der Waals surface area contributed by atoms with Gasteiger partial charge in [-0.3, -0.25) is 9.00 Å². The van der Waals surface area contributed by atoms with E-state index in [2.05, 4.69) is 19.6 Å². The van der Waals surface area contributed by atoms with E-state index < -0.39 is 18.9 Å². The van der Waals surface area contributed by atoms with E-state index in [1.165, 1.54) is 5.56 Å². The minimum absolute atomic E-state index is 0.0503. The number of carbonyl (C=O) groups is 1. The number of hydrogen-bond acceptors (Lipinski definition) is 3. The molecule has 2 rings (SSSR count). The first-order chi connectivity index (χ1) is 10.7. The molecule has 23 heavy (non-hydrogen) atoms. The summed E-state index contributed by atoms with van der Waals surface area (Å²) in [6.45, 7) is 11.2. The van der Waals surface area contributed by atoms with Crippen LogP contribution in [0.1, 0.15) is 18.9 Å². The highest BCUT2D eigenvalue weighted by molar-refractivity contribution is 7.85. The van der Waals surface area contributed by atoms with E-state index in [0.717, 1.165) is 17.4 Å². The van der Waals surface area contributed by atoms with Crippen molar-refractivity contribution in [2.45, 2.75) is 56.1 Å². The van der Waals surface area contributed by atoms with E-state index in [-0.39, 0.29) is 23.1 Å². The normalized spacial score (nSPS) is 23.2. The second-order valence-corrected chi connectivity index (χ2v) is 14.9. The number of ether oxygens (including phenoxy) is 1.